The number of fused-ring (bicyclic) bond motifs is 2. The largest absolute Gasteiger partial charge is 0.457 e. The van der Waals surface area contributed by atoms with Gasteiger partial charge in [0.25, 0.3) is 5.91 Å². The number of hydrogen-bond acceptors (Lipinski definition) is 7. The number of ether oxygens (including phenoxy) is 1. The van der Waals surface area contributed by atoms with E-state index in [0.717, 1.165) is 27.9 Å². The summed E-state index contributed by atoms with van der Waals surface area (Å²) in [6.45, 7) is 3.86. The van der Waals surface area contributed by atoms with Crippen LogP contribution < -0.4 is 15.4 Å². The van der Waals surface area contributed by atoms with Crippen molar-refractivity contribution >= 4 is 39.6 Å². The summed E-state index contributed by atoms with van der Waals surface area (Å²) in [4.78, 5) is 24.9. The molecule has 5 aromatic rings. The molecular weight excluding hydrogens is 442 g/mol. The molecule has 0 radical (unpaired) electrons. The first kappa shape index (κ1) is 21.9. The van der Waals surface area contributed by atoms with Crippen LogP contribution in [0.15, 0.2) is 67.4 Å². The predicted octanol–water partition coefficient (Wildman–Crippen LogP) is 4.87. The lowest BCUT2D eigenvalue weighted by Gasteiger charge is -2.13. The maximum atomic E-state index is 12.0. The van der Waals surface area contributed by atoms with E-state index in [9.17, 15) is 4.79 Å². The van der Waals surface area contributed by atoms with Gasteiger partial charge in [-0.05, 0) is 60.9 Å². The number of hydrogen-bond donors (Lipinski definition) is 2. The molecule has 9 heteroatoms. The Morgan fingerprint density at radius 1 is 1.03 bits per heavy atom. The molecule has 0 saturated carbocycles. The molecule has 9 nitrogen and oxygen atoms in total. The van der Waals surface area contributed by atoms with Gasteiger partial charge in [-0.15, -0.1) is 0 Å². The number of carbonyl (C=O) groups is 1. The lowest BCUT2D eigenvalue weighted by atomic mass is 10.1. The molecule has 0 unspecified atom stereocenters. The van der Waals surface area contributed by atoms with Gasteiger partial charge in [-0.3, -0.25) is 4.79 Å². The highest BCUT2D eigenvalue weighted by Crippen LogP contribution is 2.30. The van der Waals surface area contributed by atoms with E-state index in [1.807, 2.05) is 56.3 Å². The Balaban J connectivity index is 1.37. The Morgan fingerprint density at radius 2 is 1.91 bits per heavy atom. The highest BCUT2D eigenvalue weighted by atomic mass is 16.5. The fourth-order valence-corrected chi connectivity index (χ4v) is 3.53. The van der Waals surface area contributed by atoms with Crippen LogP contribution >= 0.6 is 0 Å². The Hall–Kier alpha value is -4.97. The van der Waals surface area contributed by atoms with Crippen molar-refractivity contribution in [2.24, 2.45) is 0 Å². The van der Waals surface area contributed by atoms with E-state index in [0.29, 0.717) is 29.3 Å². The maximum Gasteiger partial charge on any atom is 0.300 e. The summed E-state index contributed by atoms with van der Waals surface area (Å²) in [5.74, 6) is 6.99. The van der Waals surface area contributed by atoms with Crippen LogP contribution in [0.25, 0.3) is 16.6 Å². The summed E-state index contributed by atoms with van der Waals surface area (Å²) in [6.07, 6.45) is 5.42. The average molecular weight is 464 g/mol. The van der Waals surface area contributed by atoms with E-state index in [1.165, 1.54) is 12.7 Å². The van der Waals surface area contributed by atoms with Crippen LogP contribution in [0, 0.1) is 18.8 Å². The quantitative estimate of drug-likeness (QED) is 0.358. The lowest BCUT2D eigenvalue weighted by Crippen LogP contribution is -2.08. The van der Waals surface area contributed by atoms with E-state index in [-0.39, 0.29) is 5.91 Å². The first-order valence-corrected chi connectivity index (χ1v) is 11.0. The van der Waals surface area contributed by atoms with Crippen LogP contribution in [0.3, 0.4) is 0 Å². The first-order chi connectivity index (χ1) is 17.1. The molecule has 0 bridgehead atoms. The molecule has 0 saturated heterocycles. The number of aryl methyl sites for hydroxylation is 1. The molecule has 172 valence electrons. The molecule has 3 heterocycles. The van der Waals surface area contributed by atoms with Crippen LogP contribution in [-0.4, -0.2) is 30.5 Å². The molecule has 0 aliphatic rings. The van der Waals surface area contributed by atoms with Gasteiger partial charge in [0.2, 0.25) is 0 Å². The topological polar surface area (TPSA) is 106 Å². The van der Waals surface area contributed by atoms with Crippen molar-refractivity contribution in [3.63, 3.8) is 0 Å². The summed E-state index contributed by atoms with van der Waals surface area (Å²) in [7, 11) is 0. The lowest BCUT2D eigenvalue weighted by molar-refractivity contribution is -0.111. The SMILES string of the molecule is CCC#CC(=O)Nc1ccc2ncnc(Nc3ccc(Oc4ccn5ncnc5c4)c(C)c3)c2c1. The van der Waals surface area contributed by atoms with Gasteiger partial charge in [0.1, 0.15) is 30.0 Å². The van der Waals surface area contributed by atoms with Crippen molar-refractivity contribution in [3.05, 3.63) is 72.9 Å². The fourth-order valence-electron chi connectivity index (χ4n) is 3.53. The van der Waals surface area contributed by atoms with E-state index < -0.39 is 0 Å². The number of nitrogens with zero attached hydrogens (tertiary/aromatic N) is 5. The normalized spacial score (nSPS) is 10.6. The molecule has 0 aliphatic carbocycles. The number of anilines is 3. The first-order valence-electron chi connectivity index (χ1n) is 11.0. The number of rotatable bonds is 5. The second-order valence-electron chi connectivity index (χ2n) is 7.70. The van der Waals surface area contributed by atoms with Crippen LogP contribution in [0.1, 0.15) is 18.9 Å². The Bertz CT molecular complexity index is 1610. The summed E-state index contributed by atoms with van der Waals surface area (Å²) in [5.41, 5.74) is 3.86. The van der Waals surface area contributed by atoms with Crippen molar-refractivity contribution in [2.75, 3.05) is 10.6 Å². The fraction of sp³-hybridized carbons (Fsp3) is 0.115. The highest BCUT2D eigenvalue weighted by Gasteiger charge is 2.09. The zero-order valence-corrected chi connectivity index (χ0v) is 19.1. The molecule has 3 aromatic heterocycles. The molecule has 5 rings (SSSR count). The van der Waals surface area contributed by atoms with E-state index in [4.69, 9.17) is 4.74 Å². The second kappa shape index (κ2) is 9.49. The van der Waals surface area contributed by atoms with Crippen molar-refractivity contribution in [1.82, 2.24) is 24.6 Å². The minimum atomic E-state index is -0.355. The molecule has 0 spiro atoms. The zero-order chi connectivity index (χ0) is 24.2. The van der Waals surface area contributed by atoms with E-state index in [1.54, 1.807) is 16.8 Å². The molecule has 1 amide bonds. The third-order valence-electron chi connectivity index (χ3n) is 5.19. The summed E-state index contributed by atoms with van der Waals surface area (Å²) in [5, 5.41) is 11.0. The van der Waals surface area contributed by atoms with Crippen molar-refractivity contribution in [1.29, 1.82) is 0 Å². The Morgan fingerprint density at radius 3 is 2.77 bits per heavy atom. The molecule has 2 aromatic carbocycles. The zero-order valence-electron chi connectivity index (χ0n) is 19.1. The van der Waals surface area contributed by atoms with Gasteiger partial charge in [-0.1, -0.05) is 12.8 Å². The van der Waals surface area contributed by atoms with Gasteiger partial charge in [-0.25, -0.2) is 19.5 Å². The number of amides is 1. The van der Waals surface area contributed by atoms with E-state index in [2.05, 4.69) is 42.5 Å². The predicted molar refractivity (Wildman–Crippen MR) is 134 cm³/mol. The number of carbonyl (C=O) groups excluding carboxylic acids is 1. The van der Waals surface area contributed by atoms with Crippen molar-refractivity contribution < 1.29 is 9.53 Å². The van der Waals surface area contributed by atoms with Crippen molar-refractivity contribution in [3.8, 4) is 23.3 Å². The van der Waals surface area contributed by atoms with Crippen molar-refractivity contribution in [2.45, 2.75) is 20.3 Å². The van der Waals surface area contributed by atoms with E-state index >= 15 is 0 Å². The second-order valence-corrected chi connectivity index (χ2v) is 7.70. The van der Waals surface area contributed by atoms with Gasteiger partial charge >= 0.3 is 0 Å². The number of pyridine rings is 1. The molecule has 35 heavy (non-hydrogen) atoms. The van der Waals surface area contributed by atoms with Gasteiger partial charge < -0.3 is 15.4 Å². The van der Waals surface area contributed by atoms with Gasteiger partial charge in [0.05, 0.1) is 5.52 Å². The standard InChI is InChI=1S/C26H21N7O2/c1-3-4-5-25(34)31-19-6-8-22-21(13-19)26(29-15-27-22)32-18-7-9-23(17(2)12-18)35-20-10-11-33-24(14-20)28-16-30-33/h6-16H,3H2,1-2H3,(H,31,34)(H,27,29,32). The van der Waals surface area contributed by atoms with Crippen LogP contribution in [0.4, 0.5) is 17.2 Å². The number of benzene rings is 2. The third-order valence-corrected chi connectivity index (χ3v) is 5.19. The molecule has 2 N–H and O–H groups in total. The summed E-state index contributed by atoms with van der Waals surface area (Å²) in [6, 6.07) is 14.9. The maximum absolute atomic E-state index is 12.0. The third kappa shape index (κ3) is 4.86. The Kier molecular flexibility index (Phi) is 5.92. The minimum Gasteiger partial charge on any atom is -0.457 e. The Labute approximate surface area is 201 Å². The van der Waals surface area contributed by atoms with Crippen LogP contribution in [0.2, 0.25) is 0 Å². The average Bonchev–Trinajstić information content (AvgIpc) is 3.33. The number of aromatic nitrogens is 5. The molecule has 0 fully saturated rings. The minimum absolute atomic E-state index is 0.355. The van der Waals surface area contributed by atoms with Crippen LogP contribution in [-0.2, 0) is 4.79 Å². The van der Waals surface area contributed by atoms with Gasteiger partial charge in [0.15, 0.2) is 5.65 Å². The monoisotopic (exact) mass is 463 g/mol. The van der Waals surface area contributed by atoms with Gasteiger partial charge in [0, 0.05) is 35.4 Å². The number of nitrogens with one attached hydrogen (secondary N) is 2. The summed E-state index contributed by atoms with van der Waals surface area (Å²) < 4.78 is 7.73. The summed E-state index contributed by atoms with van der Waals surface area (Å²) >= 11 is 0. The van der Waals surface area contributed by atoms with Crippen LogP contribution in [0.5, 0.6) is 11.5 Å². The smallest absolute Gasteiger partial charge is 0.300 e. The molecular formula is C26H21N7O2. The molecule has 0 aliphatic heterocycles. The molecule has 0 atom stereocenters. The van der Waals surface area contributed by atoms with Gasteiger partial charge in [-0.2, -0.15) is 5.10 Å². The highest BCUT2D eigenvalue weighted by molar-refractivity contribution is 6.05.